The van der Waals surface area contributed by atoms with E-state index in [0.717, 1.165) is 12.1 Å². The van der Waals surface area contributed by atoms with Crippen molar-refractivity contribution in [2.75, 3.05) is 25.0 Å². The average Bonchev–Trinajstić information content (AvgIpc) is 2.44. The zero-order chi connectivity index (χ0) is 16.8. The van der Waals surface area contributed by atoms with Crippen LogP contribution in [0.15, 0.2) is 18.2 Å². The van der Waals surface area contributed by atoms with Gasteiger partial charge in [0.1, 0.15) is 5.69 Å². The van der Waals surface area contributed by atoms with E-state index in [-0.39, 0.29) is 31.8 Å². The van der Waals surface area contributed by atoms with E-state index < -0.39 is 28.3 Å². The highest BCUT2D eigenvalue weighted by molar-refractivity contribution is 5.76. The largest absolute Gasteiger partial charge is 0.416 e. The first-order valence-corrected chi connectivity index (χ1v) is 6.22. The minimum absolute atomic E-state index is 0.00344. The van der Waals surface area contributed by atoms with Crippen molar-refractivity contribution in [2.45, 2.75) is 12.6 Å². The van der Waals surface area contributed by atoms with Gasteiger partial charge in [0.05, 0.1) is 17.1 Å². The lowest BCUT2D eigenvalue weighted by Crippen LogP contribution is -2.27. The fraction of sp³-hybridized carbons (Fsp3) is 0.417. The van der Waals surface area contributed by atoms with Crippen LogP contribution in [0.2, 0.25) is 0 Å². The SMILES string of the molecule is O=C(CCNc1ccc(C(F)(F)F)cc1[N+](=O)[O-])NCCO. The number of benzene rings is 1. The van der Waals surface area contributed by atoms with Crippen LogP contribution in [0.4, 0.5) is 24.5 Å². The van der Waals surface area contributed by atoms with Gasteiger partial charge >= 0.3 is 6.18 Å². The van der Waals surface area contributed by atoms with E-state index in [4.69, 9.17) is 5.11 Å². The molecule has 1 rings (SSSR count). The van der Waals surface area contributed by atoms with Crippen molar-refractivity contribution in [2.24, 2.45) is 0 Å². The van der Waals surface area contributed by atoms with Crippen LogP contribution in [0.1, 0.15) is 12.0 Å². The van der Waals surface area contributed by atoms with Crippen LogP contribution >= 0.6 is 0 Å². The third-order valence-electron chi connectivity index (χ3n) is 2.62. The van der Waals surface area contributed by atoms with Gasteiger partial charge < -0.3 is 15.7 Å². The molecule has 0 fully saturated rings. The molecule has 122 valence electrons. The van der Waals surface area contributed by atoms with Gasteiger partial charge in [0.2, 0.25) is 5.91 Å². The van der Waals surface area contributed by atoms with E-state index in [1.54, 1.807) is 0 Å². The number of aliphatic hydroxyl groups is 1. The predicted octanol–water partition coefficient (Wildman–Crippen LogP) is 1.52. The topological polar surface area (TPSA) is 104 Å². The van der Waals surface area contributed by atoms with Crippen LogP contribution in [0, 0.1) is 10.1 Å². The van der Waals surface area contributed by atoms with Crippen molar-refractivity contribution < 1.29 is 28.0 Å². The number of amides is 1. The third-order valence-corrected chi connectivity index (χ3v) is 2.62. The van der Waals surface area contributed by atoms with E-state index in [1.807, 2.05) is 0 Å². The summed E-state index contributed by atoms with van der Waals surface area (Å²) < 4.78 is 37.6. The highest BCUT2D eigenvalue weighted by Gasteiger charge is 2.32. The Balaban J connectivity index is 2.74. The Labute approximate surface area is 123 Å². The van der Waals surface area contributed by atoms with E-state index in [1.165, 1.54) is 0 Å². The molecule has 0 saturated carbocycles. The summed E-state index contributed by atoms with van der Waals surface area (Å²) in [5, 5.41) is 24.3. The number of hydrogen-bond acceptors (Lipinski definition) is 5. The molecule has 0 aliphatic heterocycles. The second-order valence-corrected chi connectivity index (χ2v) is 4.24. The third kappa shape index (κ3) is 5.20. The molecule has 0 aromatic heterocycles. The van der Waals surface area contributed by atoms with Crippen molar-refractivity contribution in [1.29, 1.82) is 0 Å². The molecule has 0 saturated heterocycles. The van der Waals surface area contributed by atoms with Crippen molar-refractivity contribution in [3.05, 3.63) is 33.9 Å². The smallest absolute Gasteiger partial charge is 0.395 e. The molecule has 0 aliphatic rings. The van der Waals surface area contributed by atoms with Crippen LogP contribution in [0.5, 0.6) is 0 Å². The number of nitrogens with zero attached hydrogens (tertiary/aromatic N) is 1. The molecule has 10 heteroatoms. The molecule has 1 aromatic carbocycles. The van der Waals surface area contributed by atoms with Crippen LogP contribution in [-0.4, -0.2) is 35.6 Å². The monoisotopic (exact) mass is 321 g/mol. The summed E-state index contributed by atoms with van der Waals surface area (Å²) in [6.07, 6.45) is -4.72. The van der Waals surface area contributed by atoms with Gasteiger partial charge in [0, 0.05) is 25.6 Å². The summed E-state index contributed by atoms with van der Waals surface area (Å²) in [7, 11) is 0. The molecule has 0 aliphatic carbocycles. The Morgan fingerprint density at radius 2 is 2.00 bits per heavy atom. The Morgan fingerprint density at radius 3 is 2.55 bits per heavy atom. The molecular weight excluding hydrogens is 307 g/mol. The standard InChI is InChI=1S/C12H14F3N3O4/c13-12(14,15)8-1-2-9(10(7-8)18(21)22)16-4-3-11(20)17-5-6-19/h1-2,7,16,19H,3-6H2,(H,17,20). The van der Waals surface area contributed by atoms with Crippen molar-refractivity contribution in [3.63, 3.8) is 0 Å². The summed E-state index contributed by atoms with van der Waals surface area (Å²) in [6, 6.07) is 2.11. The number of nitrogens with one attached hydrogen (secondary N) is 2. The number of hydrogen-bond donors (Lipinski definition) is 3. The van der Waals surface area contributed by atoms with E-state index >= 15 is 0 Å². The predicted molar refractivity (Wildman–Crippen MR) is 71.3 cm³/mol. The van der Waals surface area contributed by atoms with Gasteiger partial charge in [-0.1, -0.05) is 0 Å². The van der Waals surface area contributed by atoms with Crippen molar-refractivity contribution in [1.82, 2.24) is 5.32 Å². The maximum atomic E-state index is 12.5. The molecule has 0 spiro atoms. The van der Waals surface area contributed by atoms with Crippen LogP contribution in [0.25, 0.3) is 0 Å². The molecule has 0 heterocycles. The lowest BCUT2D eigenvalue weighted by molar-refractivity contribution is -0.384. The number of carbonyl (C=O) groups is 1. The first kappa shape index (κ1) is 17.7. The number of aliphatic hydroxyl groups excluding tert-OH is 1. The summed E-state index contributed by atoms with van der Waals surface area (Å²) in [6.45, 7) is -0.133. The van der Waals surface area contributed by atoms with E-state index in [0.29, 0.717) is 6.07 Å². The summed E-state index contributed by atoms with van der Waals surface area (Å²) in [5.41, 5.74) is -1.94. The number of anilines is 1. The highest BCUT2D eigenvalue weighted by Crippen LogP contribution is 2.34. The maximum Gasteiger partial charge on any atom is 0.416 e. The van der Waals surface area contributed by atoms with Crippen LogP contribution in [-0.2, 0) is 11.0 Å². The zero-order valence-corrected chi connectivity index (χ0v) is 11.3. The fourth-order valence-corrected chi connectivity index (χ4v) is 1.60. The lowest BCUT2D eigenvalue weighted by atomic mass is 10.1. The Morgan fingerprint density at radius 1 is 1.32 bits per heavy atom. The maximum absolute atomic E-state index is 12.5. The second kappa shape index (κ2) is 7.59. The summed E-state index contributed by atoms with van der Waals surface area (Å²) in [5.74, 6) is -0.392. The van der Waals surface area contributed by atoms with Crippen molar-refractivity contribution >= 4 is 17.3 Å². The normalized spacial score (nSPS) is 11.1. The van der Waals surface area contributed by atoms with Gasteiger partial charge in [0.15, 0.2) is 0 Å². The number of nitro benzene ring substituents is 1. The minimum atomic E-state index is -4.67. The van der Waals surface area contributed by atoms with Gasteiger partial charge in [-0.25, -0.2) is 0 Å². The van der Waals surface area contributed by atoms with Crippen LogP contribution < -0.4 is 10.6 Å². The lowest BCUT2D eigenvalue weighted by Gasteiger charge is -2.10. The van der Waals surface area contributed by atoms with E-state index in [2.05, 4.69) is 10.6 Å². The Bertz CT molecular complexity index is 549. The van der Waals surface area contributed by atoms with Gasteiger partial charge in [-0.15, -0.1) is 0 Å². The first-order valence-electron chi connectivity index (χ1n) is 6.22. The van der Waals surface area contributed by atoms with Gasteiger partial charge in [-0.2, -0.15) is 13.2 Å². The molecule has 22 heavy (non-hydrogen) atoms. The Kier molecular flexibility index (Phi) is 6.11. The molecule has 1 aromatic rings. The second-order valence-electron chi connectivity index (χ2n) is 4.24. The molecule has 3 N–H and O–H groups in total. The molecule has 0 radical (unpaired) electrons. The number of rotatable bonds is 7. The van der Waals surface area contributed by atoms with Gasteiger partial charge in [-0.3, -0.25) is 14.9 Å². The van der Waals surface area contributed by atoms with Crippen molar-refractivity contribution in [3.8, 4) is 0 Å². The molecule has 0 atom stereocenters. The average molecular weight is 321 g/mol. The highest BCUT2D eigenvalue weighted by atomic mass is 19.4. The van der Waals surface area contributed by atoms with E-state index in [9.17, 15) is 28.1 Å². The number of nitro groups is 1. The summed E-state index contributed by atoms with van der Waals surface area (Å²) >= 11 is 0. The number of alkyl halides is 3. The molecule has 0 bridgehead atoms. The van der Waals surface area contributed by atoms with Gasteiger partial charge in [-0.05, 0) is 12.1 Å². The fourth-order valence-electron chi connectivity index (χ4n) is 1.60. The molecule has 7 nitrogen and oxygen atoms in total. The molecular formula is C12H14F3N3O4. The van der Waals surface area contributed by atoms with Crippen LogP contribution in [0.3, 0.4) is 0 Å². The number of halogens is 3. The summed E-state index contributed by atoms with van der Waals surface area (Å²) in [4.78, 5) is 21.2. The zero-order valence-electron chi connectivity index (χ0n) is 11.3. The van der Waals surface area contributed by atoms with Gasteiger partial charge in [0.25, 0.3) is 5.69 Å². The molecule has 1 amide bonds. The first-order chi connectivity index (χ1) is 10.3. The Hall–Kier alpha value is -2.36. The quantitative estimate of drug-likeness (QED) is 0.522. The molecule has 0 unspecified atom stereocenters. The minimum Gasteiger partial charge on any atom is -0.395 e. The number of carbonyl (C=O) groups excluding carboxylic acids is 1.